The summed E-state index contributed by atoms with van der Waals surface area (Å²) in [4.78, 5) is 15.0. The zero-order chi connectivity index (χ0) is 13.1. The number of aromatic nitrogens is 1. The number of carbonyl (C=O) groups is 1. The Balaban J connectivity index is 2.50. The minimum absolute atomic E-state index is 0.138. The number of hydrogen-bond acceptors (Lipinski definition) is 4. The molecule has 0 spiro atoms. The first kappa shape index (κ1) is 13.2. The van der Waals surface area contributed by atoms with E-state index in [1.54, 1.807) is 20.8 Å². The Bertz CT molecular complexity index is 416. The third-order valence-corrected chi connectivity index (χ3v) is 1.76. The highest BCUT2D eigenvalue weighted by molar-refractivity contribution is 5.67. The van der Waals surface area contributed by atoms with Crippen LogP contribution in [0.15, 0.2) is 12.3 Å². The number of anilines is 1. The van der Waals surface area contributed by atoms with Crippen LogP contribution in [0.25, 0.3) is 0 Å². The Morgan fingerprint density at radius 1 is 1.59 bits per heavy atom. The summed E-state index contributed by atoms with van der Waals surface area (Å²) in [5, 5.41) is 2.49. The number of ether oxygens (including phenoxy) is 1. The molecule has 0 aliphatic rings. The fourth-order valence-corrected chi connectivity index (χ4v) is 1.07. The van der Waals surface area contributed by atoms with Crippen LogP contribution in [-0.4, -0.2) is 16.7 Å². The van der Waals surface area contributed by atoms with Gasteiger partial charge in [0.2, 0.25) is 0 Å². The minimum Gasteiger partial charge on any atom is -0.444 e. The molecule has 0 saturated heterocycles. The lowest BCUT2D eigenvalue weighted by Gasteiger charge is -2.19. The van der Waals surface area contributed by atoms with Gasteiger partial charge < -0.3 is 15.8 Å². The molecule has 1 aromatic rings. The molecule has 94 valence electrons. The van der Waals surface area contributed by atoms with Crippen LogP contribution in [-0.2, 0) is 11.3 Å². The Morgan fingerprint density at radius 3 is 2.76 bits per heavy atom. The van der Waals surface area contributed by atoms with Crippen LogP contribution in [0.3, 0.4) is 0 Å². The number of pyridine rings is 1. The molecule has 0 radical (unpaired) electrons. The number of nitrogen functional groups attached to an aromatic ring is 1. The van der Waals surface area contributed by atoms with Crippen LogP contribution in [0.5, 0.6) is 0 Å². The Morgan fingerprint density at radius 2 is 2.24 bits per heavy atom. The SMILES string of the molecule is CC(C)(C)OC(=O)NCc1cnc(N)c(F)c1. The van der Waals surface area contributed by atoms with Gasteiger partial charge in [0.05, 0.1) is 0 Å². The van der Waals surface area contributed by atoms with Gasteiger partial charge in [-0.3, -0.25) is 0 Å². The maximum absolute atomic E-state index is 13.0. The van der Waals surface area contributed by atoms with E-state index in [1.807, 2.05) is 0 Å². The fourth-order valence-electron chi connectivity index (χ4n) is 1.07. The molecule has 1 rings (SSSR count). The number of nitrogens with two attached hydrogens (primary N) is 1. The summed E-state index contributed by atoms with van der Waals surface area (Å²) in [5.74, 6) is -0.764. The zero-order valence-electron chi connectivity index (χ0n) is 10.1. The molecular formula is C11H16FN3O2. The van der Waals surface area contributed by atoms with Gasteiger partial charge in [-0.15, -0.1) is 0 Å². The van der Waals surface area contributed by atoms with Gasteiger partial charge in [-0.2, -0.15) is 0 Å². The summed E-state index contributed by atoms with van der Waals surface area (Å²) < 4.78 is 18.1. The van der Waals surface area contributed by atoms with Crippen LogP contribution < -0.4 is 11.1 Å². The topological polar surface area (TPSA) is 77.2 Å². The molecule has 0 atom stereocenters. The van der Waals surface area contributed by atoms with Crippen molar-refractivity contribution in [2.75, 3.05) is 5.73 Å². The highest BCUT2D eigenvalue weighted by atomic mass is 19.1. The Hall–Kier alpha value is -1.85. The van der Waals surface area contributed by atoms with Gasteiger partial charge >= 0.3 is 6.09 Å². The average molecular weight is 241 g/mol. The molecule has 6 heteroatoms. The number of carbonyl (C=O) groups excluding carboxylic acids is 1. The van der Waals surface area contributed by atoms with Crippen LogP contribution in [0.2, 0.25) is 0 Å². The number of amides is 1. The largest absolute Gasteiger partial charge is 0.444 e. The lowest BCUT2D eigenvalue weighted by Crippen LogP contribution is -2.32. The number of nitrogens with zero attached hydrogens (tertiary/aromatic N) is 1. The molecule has 0 aliphatic heterocycles. The second kappa shape index (κ2) is 4.99. The number of nitrogens with one attached hydrogen (secondary N) is 1. The fraction of sp³-hybridized carbons (Fsp3) is 0.455. The molecule has 5 nitrogen and oxygen atoms in total. The van der Waals surface area contributed by atoms with Gasteiger partial charge in [0.1, 0.15) is 5.60 Å². The summed E-state index contributed by atoms with van der Waals surface area (Å²) in [5.41, 5.74) is 5.19. The van der Waals surface area contributed by atoms with E-state index >= 15 is 0 Å². The molecule has 17 heavy (non-hydrogen) atoms. The summed E-state index contributed by atoms with van der Waals surface area (Å²) >= 11 is 0. The summed E-state index contributed by atoms with van der Waals surface area (Å²) in [7, 11) is 0. The molecular weight excluding hydrogens is 225 g/mol. The summed E-state index contributed by atoms with van der Waals surface area (Å²) in [6.07, 6.45) is 0.838. The summed E-state index contributed by atoms with van der Waals surface area (Å²) in [6, 6.07) is 1.22. The van der Waals surface area contributed by atoms with Gasteiger partial charge in [-0.05, 0) is 32.4 Å². The molecule has 0 bridgehead atoms. The van der Waals surface area contributed by atoms with E-state index in [2.05, 4.69) is 10.3 Å². The highest BCUT2D eigenvalue weighted by Crippen LogP contribution is 2.09. The molecule has 0 unspecified atom stereocenters. The molecule has 1 heterocycles. The first-order valence-electron chi connectivity index (χ1n) is 5.14. The molecule has 0 saturated carbocycles. The second-order valence-corrected chi connectivity index (χ2v) is 4.57. The van der Waals surface area contributed by atoms with Gasteiger partial charge in [0, 0.05) is 12.7 Å². The van der Waals surface area contributed by atoms with Crippen molar-refractivity contribution in [3.8, 4) is 0 Å². The number of alkyl carbamates (subject to hydrolysis) is 1. The quantitative estimate of drug-likeness (QED) is 0.828. The van der Waals surface area contributed by atoms with Crippen molar-refractivity contribution < 1.29 is 13.9 Å². The normalized spacial score (nSPS) is 11.1. The molecule has 0 aromatic carbocycles. The lowest BCUT2D eigenvalue weighted by atomic mass is 10.2. The number of hydrogen-bond donors (Lipinski definition) is 2. The van der Waals surface area contributed by atoms with Gasteiger partial charge in [0.15, 0.2) is 11.6 Å². The Kier molecular flexibility index (Phi) is 3.88. The highest BCUT2D eigenvalue weighted by Gasteiger charge is 2.15. The minimum atomic E-state index is -0.603. The standard InChI is InChI=1S/C11H16FN3O2/c1-11(2,3)17-10(16)15-6-7-4-8(12)9(13)14-5-7/h4-5H,6H2,1-3H3,(H2,13,14)(H,15,16). The predicted octanol–water partition coefficient (Wildman–Crippen LogP) is 1.83. The van der Waals surface area contributed by atoms with E-state index in [0.717, 1.165) is 0 Å². The maximum Gasteiger partial charge on any atom is 0.407 e. The van der Waals surface area contributed by atoms with E-state index in [9.17, 15) is 9.18 Å². The number of rotatable bonds is 2. The van der Waals surface area contributed by atoms with Gasteiger partial charge in [-0.25, -0.2) is 14.2 Å². The van der Waals surface area contributed by atoms with Crippen molar-refractivity contribution in [2.45, 2.75) is 32.9 Å². The predicted molar refractivity (Wildman–Crippen MR) is 61.7 cm³/mol. The molecule has 1 amide bonds. The van der Waals surface area contributed by atoms with Crippen LogP contribution >= 0.6 is 0 Å². The first-order valence-corrected chi connectivity index (χ1v) is 5.14. The Labute approximate surface area is 99.2 Å². The third kappa shape index (κ3) is 4.67. The van der Waals surface area contributed by atoms with E-state index in [4.69, 9.17) is 10.5 Å². The second-order valence-electron chi connectivity index (χ2n) is 4.57. The van der Waals surface area contributed by atoms with Crippen molar-refractivity contribution in [1.29, 1.82) is 0 Å². The van der Waals surface area contributed by atoms with Gasteiger partial charge in [0.25, 0.3) is 0 Å². The van der Waals surface area contributed by atoms with E-state index in [1.165, 1.54) is 12.3 Å². The molecule has 0 aliphatic carbocycles. The average Bonchev–Trinajstić information content (AvgIpc) is 2.17. The van der Waals surface area contributed by atoms with Crippen LogP contribution in [0, 0.1) is 5.82 Å². The molecule has 3 N–H and O–H groups in total. The van der Waals surface area contributed by atoms with Crippen molar-refractivity contribution >= 4 is 11.9 Å². The monoisotopic (exact) mass is 241 g/mol. The third-order valence-electron chi connectivity index (χ3n) is 1.76. The van der Waals surface area contributed by atoms with Crippen LogP contribution in [0.4, 0.5) is 15.0 Å². The van der Waals surface area contributed by atoms with Gasteiger partial charge in [-0.1, -0.05) is 0 Å². The first-order chi connectivity index (χ1) is 7.78. The number of halogens is 1. The van der Waals surface area contributed by atoms with Crippen molar-refractivity contribution in [3.05, 3.63) is 23.6 Å². The molecule has 1 aromatic heterocycles. The van der Waals surface area contributed by atoms with Crippen molar-refractivity contribution in [2.24, 2.45) is 0 Å². The van der Waals surface area contributed by atoms with Crippen LogP contribution in [0.1, 0.15) is 26.3 Å². The lowest BCUT2D eigenvalue weighted by molar-refractivity contribution is 0.0523. The van der Waals surface area contributed by atoms with Crippen molar-refractivity contribution in [3.63, 3.8) is 0 Å². The smallest absolute Gasteiger partial charge is 0.407 e. The van der Waals surface area contributed by atoms with E-state index in [0.29, 0.717) is 5.56 Å². The van der Waals surface area contributed by atoms with E-state index in [-0.39, 0.29) is 12.4 Å². The zero-order valence-corrected chi connectivity index (χ0v) is 10.1. The maximum atomic E-state index is 13.0. The summed E-state index contributed by atoms with van der Waals surface area (Å²) in [6.45, 7) is 5.42. The van der Waals surface area contributed by atoms with E-state index < -0.39 is 17.5 Å². The van der Waals surface area contributed by atoms with Crippen molar-refractivity contribution in [1.82, 2.24) is 10.3 Å². The molecule has 0 fully saturated rings.